The van der Waals surface area contributed by atoms with Crippen LogP contribution in [0.15, 0.2) is 36.9 Å². The Kier molecular flexibility index (Phi) is 23.3. The highest BCUT2D eigenvalue weighted by molar-refractivity contribution is 5.64. The molecule has 0 N–H and O–H groups in total. The summed E-state index contributed by atoms with van der Waals surface area (Å²) in [5, 5.41) is 0. The van der Waals surface area contributed by atoms with Gasteiger partial charge < -0.3 is 0 Å². The fraction of sp³-hybridized carbons (Fsp3) is 0.667. The number of allylic oxidation sites excluding steroid dienone is 2. The molecule has 0 nitrogen and oxygen atoms in total. The largest absolute Gasteiger partial charge is 0.0996 e. The average Bonchev–Trinajstić information content (AvgIpc) is 2.78. The topological polar surface area (TPSA) is 0 Å². The van der Waals surface area contributed by atoms with Crippen LogP contribution >= 0.6 is 0 Å². The van der Waals surface area contributed by atoms with E-state index in [1.54, 1.807) is 0 Å². The maximum Gasteiger partial charge on any atom is -0.0204 e. The second kappa shape index (κ2) is 21.0. The fourth-order valence-electron chi connectivity index (χ4n) is 3.06. The van der Waals surface area contributed by atoms with E-state index in [0.717, 1.165) is 23.8 Å². The minimum Gasteiger partial charge on any atom is -0.0996 e. The van der Waals surface area contributed by atoms with Crippen molar-refractivity contribution in [1.29, 1.82) is 0 Å². The van der Waals surface area contributed by atoms with Crippen LogP contribution in [0.2, 0.25) is 0 Å². The molecule has 0 fully saturated rings. The quantitative estimate of drug-likeness (QED) is 0.351. The first-order valence-electron chi connectivity index (χ1n) is 12.6. The van der Waals surface area contributed by atoms with E-state index in [1.807, 2.05) is 27.7 Å². The minimum absolute atomic E-state index is 0.704. The van der Waals surface area contributed by atoms with Gasteiger partial charge in [0.2, 0.25) is 0 Å². The highest BCUT2D eigenvalue weighted by Crippen LogP contribution is 2.23. The predicted octanol–water partition coefficient (Wildman–Crippen LogP) is 10.7. The van der Waals surface area contributed by atoms with Crippen LogP contribution in [0, 0.1) is 24.7 Å². The van der Waals surface area contributed by atoms with Crippen molar-refractivity contribution >= 4 is 5.57 Å². The highest BCUT2D eigenvalue weighted by atomic mass is 14.2. The van der Waals surface area contributed by atoms with Gasteiger partial charge in [0.05, 0.1) is 0 Å². The molecule has 0 aliphatic rings. The molecule has 0 aromatic heterocycles. The van der Waals surface area contributed by atoms with Crippen LogP contribution in [-0.2, 0) is 6.42 Å². The smallest absolute Gasteiger partial charge is 0.0204 e. The second-order valence-corrected chi connectivity index (χ2v) is 8.17. The van der Waals surface area contributed by atoms with Crippen LogP contribution in [0.5, 0.6) is 0 Å². The van der Waals surface area contributed by atoms with E-state index in [4.69, 9.17) is 0 Å². The first kappa shape index (κ1) is 33.3. The van der Waals surface area contributed by atoms with Gasteiger partial charge in [0.15, 0.2) is 0 Å². The average molecular weight is 417 g/mol. The van der Waals surface area contributed by atoms with Crippen LogP contribution in [0.4, 0.5) is 0 Å². The number of hydrogen-bond donors (Lipinski definition) is 0. The molecule has 0 saturated carbocycles. The summed E-state index contributed by atoms with van der Waals surface area (Å²) < 4.78 is 0. The number of rotatable bonds is 9. The molecule has 0 heteroatoms. The highest BCUT2D eigenvalue weighted by Gasteiger charge is 2.11. The van der Waals surface area contributed by atoms with Crippen molar-refractivity contribution in [3.05, 3.63) is 53.6 Å². The van der Waals surface area contributed by atoms with Crippen molar-refractivity contribution in [2.75, 3.05) is 0 Å². The molecular weight excluding hydrogens is 360 g/mol. The van der Waals surface area contributed by atoms with Crippen LogP contribution in [0.1, 0.15) is 119 Å². The molecule has 0 saturated heterocycles. The molecule has 0 heterocycles. The molecule has 0 aliphatic carbocycles. The summed E-state index contributed by atoms with van der Waals surface area (Å²) in [5.74, 6) is 2.34. The molecule has 30 heavy (non-hydrogen) atoms. The lowest BCUT2D eigenvalue weighted by Gasteiger charge is -2.19. The Morgan fingerprint density at radius 3 is 1.80 bits per heavy atom. The molecule has 3 unspecified atom stereocenters. The Labute approximate surface area is 192 Å². The maximum absolute atomic E-state index is 4.04. The first-order chi connectivity index (χ1) is 14.2. The third kappa shape index (κ3) is 14.6. The monoisotopic (exact) mass is 416 g/mol. The number of benzene rings is 1. The summed E-state index contributed by atoms with van der Waals surface area (Å²) in [6.45, 7) is 33.9. The second-order valence-electron chi connectivity index (χ2n) is 8.17. The summed E-state index contributed by atoms with van der Waals surface area (Å²) >= 11 is 0. The van der Waals surface area contributed by atoms with E-state index in [-0.39, 0.29) is 0 Å². The SMILES string of the molecule is C=C(C)c1ccc(CCC(C)CC)cc1C.C=C(CC)C(C)C(C)CC.CC.CC. The number of aryl methyl sites for hydroxylation is 2. The summed E-state index contributed by atoms with van der Waals surface area (Å²) in [6.07, 6.45) is 6.17. The molecule has 0 amide bonds. The lowest BCUT2D eigenvalue weighted by molar-refractivity contribution is 0.421. The number of hydrogen-bond acceptors (Lipinski definition) is 0. The molecule has 0 bridgehead atoms. The van der Waals surface area contributed by atoms with E-state index in [0.29, 0.717) is 5.92 Å². The predicted molar refractivity (Wildman–Crippen MR) is 144 cm³/mol. The summed E-state index contributed by atoms with van der Waals surface area (Å²) in [7, 11) is 0. The Morgan fingerprint density at radius 2 is 1.43 bits per heavy atom. The molecule has 176 valence electrons. The normalized spacial score (nSPS) is 12.5. The van der Waals surface area contributed by atoms with E-state index in [9.17, 15) is 0 Å². The first-order valence-corrected chi connectivity index (χ1v) is 12.6. The molecule has 1 rings (SSSR count). The zero-order chi connectivity index (χ0) is 24.3. The summed E-state index contributed by atoms with van der Waals surface area (Å²) in [6, 6.07) is 6.77. The van der Waals surface area contributed by atoms with Crippen molar-refractivity contribution < 1.29 is 0 Å². The van der Waals surface area contributed by atoms with Gasteiger partial charge in [-0.1, -0.05) is 125 Å². The standard InChI is InChI=1S/C16H24.C10H20.2C2H6/c1-6-13(4)7-8-15-9-10-16(12(2)3)14(5)11-15;1-6-8(3)10(5)9(4)7-2;2*1-2/h9-11,13H,2,6-8H2,1,3-5H3;9-10H,3,6-7H2,1-2,4-5H3;2*1-2H3. The van der Waals surface area contributed by atoms with Gasteiger partial charge in [0, 0.05) is 0 Å². The van der Waals surface area contributed by atoms with Crippen LogP contribution in [-0.4, -0.2) is 0 Å². The fourth-order valence-corrected chi connectivity index (χ4v) is 3.06. The molecule has 1 aromatic carbocycles. The van der Waals surface area contributed by atoms with Gasteiger partial charge in [-0.05, 0) is 67.6 Å². The van der Waals surface area contributed by atoms with E-state index < -0.39 is 0 Å². The lowest BCUT2D eigenvalue weighted by atomic mass is 9.87. The summed E-state index contributed by atoms with van der Waals surface area (Å²) in [5.41, 5.74) is 6.67. The van der Waals surface area contributed by atoms with Crippen molar-refractivity contribution in [2.45, 2.75) is 115 Å². The lowest BCUT2D eigenvalue weighted by Crippen LogP contribution is -2.08. The molecule has 1 aromatic rings. The van der Waals surface area contributed by atoms with Crippen LogP contribution in [0.3, 0.4) is 0 Å². The van der Waals surface area contributed by atoms with Gasteiger partial charge in [-0.25, -0.2) is 0 Å². The molecule has 3 atom stereocenters. The third-order valence-electron chi connectivity index (χ3n) is 5.97. The van der Waals surface area contributed by atoms with Gasteiger partial charge >= 0.3 is 0 Å². The van der Waals surface area contributed by atoms with Crippen molar-refractivity contribution in [3.63, 3.8) is 0 Å². The van der Waals surface area contributed by atoms with Crippen molar-refractivity contribution in [2.24, 2.45) is 17.8 Å². The minimum atomic E-state index is 0.704. The molecule has 0 radical (unpaired) electrons. The molecule has 0 aliphatic heterocycles. The van der Waals surface area contributed by atoms with Gasteiger partial charge in [-0.15, -0.1) is 0 Å². The Morgan fingerprint density at radius 1 is 0.900 bits per heavy atom. The third-order valence-corrected chi connectivity index (χ3v) is 5.97. The van der Waals surface area contributed by atoms with Crippen LogP contribution in [0.25, 0.3) is 5.57 Å². The van der Waals surface area contributed by atoms with Gasteiger partial charge in [-0.2, -0.15) is 0 Å². The van der Waals surface area contributed by atoms with Crippen molar-refractivity contribution in [1.82, 2.24) is 0 Å². The molecular formula is C30H56. The van der Waals surface area contributed by atoms with Gasteiger partial charge in [0.1, 0.15) is 0 Å². The summed E-state index contributed by atoms with van der Waals surface area (Å²) in [4.78, 5) is 0. The van der Waals surface area contributed by atoms with Gasteiger partial charge in [0.25, 0.3) is 0 Å². The zero-order valence-corrected chi connectivity index (χ0v) is 22.9. The Balaban J connectivity index is -0.000000449. The van der Waals surface area contributed by atoms with Crippen LogP contribution < -0.4 is 0 Å². The maximum atomic E-state index is 4.04. The van der Waals surface area contributed by atoms with E-state index in [2.05, 4.69) is 86.7 Å². The van der Waals surface area contributed by atoms with Gasteiger partial charge in [-0.3, -0.25) is 0 Å². The Bertz CT molecular complexity index is 549. The van der Waals surface area contributed by atoms with E-state index >= 15 is 0 Å². The zero-order valence-electron chi connectivity index (χ0n) is 22.9. The Hall–Kier alpha value is -1.30. The van der Waals surface area contributed by atoms with E-state index in [1.165, 1.54) is 47.9 Å². The molecule has 0 spiro atoms. The van der Waals surface area contributed by atoms with Crippen molar-refractivity contribution in [3.8, 4) is 0 Å².